The van der Waals surface area contributed by atoms with Crippen LogP contribution in [0.4, 0.5) is 10.1 Å². The minimum atomic E-state index is -0.251. The highest BCUT2D eigenvalue weighted by molar-refractivity contribution is 9.10. The summed E-state index contributed by atoms with van der Waals surface area (Å²) in [5.41, 5.74) is 2.82. The molecular formula is C12H13BrFN3. The van der Waals surface area contributed by atoms with Crippen molar-refractivity contribution in [3.63, 3.8) is 0 Å². The van der Waals surface area contributed by atoms with Gasteiger partial charge in [0.05, 0.1) is 11.4 Å². The zero-order valence-corrected chi connectivity index (χ0v) is 11.3. The van der Waals surface area contributed by atoms with E-state index in [9.17, 15) is 4.39 Å². The normalized spacial score (nSPS) is 10.6. The molecule has 0 saturated heterocycles. The fraction of sp³-hybridized carbons (Fsp3) is 0.250. The zero-order chi connectivity index (χ0) is 12.4. The molecule has 0 fully saturated rings. The molecule has 0 aliphatic carbocycles. The van der Waals surface area contributed by atoms with Crippen molar-refractivity contribution in [3.05, 3.63) is 45.9 Å². The van der Waals surface area contributed by atoms with E-state index in [2.05, 4.69) is 26.3 Å². The van der Waals surface area contributed by atoms with Crippen molar-refractivity contribution < 1.29 is 4.39 Å². The van der Waals surface area contributed by atoms with E-state index in [4.69, 9.17) is 0 Å². The summed E-state index contributed by atoms with van der Waals surface area (Å²) in [7, 11) is 1.88. The van der Waals surface area contributed by atoms with Crippen molar-refractivity contribution in [2.75, 3.05) is 5.32 Å². The highest BCUT2D eigenvalue weighted by Crippen LogP contribution is 2.23. The van der Waals surface area contributed by atoms with E-state index in [1.165, 1.54) is 12.1 Å². The number of benzene rings is 1. The maximum absolute atomic E-state index is 13.1. The van der Waals surface area contributed by atoms with Crippen molar-refractivity contribution in [3.8, 4) is 0 Å². The van der Waals surface area contributed by atoms with Crippen LogP contribution in [-0.2, 0) is 13.6 Å². The topological polar surface area (TPSA) is 29.9 Å². The van der Waals surface area contributed by atoms with E-state index < -0.39 is 0 Å². The first-order valence-corrected chi connectivity index (χ1v) is 6.03. The Kier molecular flexibility index (Phi) is 3.47. The third-order valence-electron chi connectivity index (χ3n) is 2.51. The number of rotatable bonds is 3. The summed E-state index contributed by atoms with van der Waals surface area (Å²) in [4.78, 5) is 0. The van der Waals surface area contributed by atoms with E-state index in [0.717, 1.165) is 21.4 Å². The molecule has 0 bridgehead atoms. The number of nitrogens with zero attached hydrogens (tertiary/aromatic N) is 2. The molecule has 1 aromatic carbocycles. The second kappa shape index (κ2) is 4.87. The summed E-state index contributed by atoms with van der Waals surface area (Å²) in [6, 6.07) is 4.58. The van der Waals surface area contributed by atoms with Gasteiger partial charge in [-0.3, -0.25) is 4.68 Å². The van der Waals surface area contributed by atoms with Gasteiger partial charge in [-0.2, -0.15) is 5.10 Å². The number of hydrogen-bond donors (Lipinski definition) is 1. The number of nitrogens with one attached hydrogen (secondary N) is 1. The summed E-state index contributed by atoms with van der Waals surface area (Å²) >= 11 is 3.38. The average Bonchev–Trinajstić information content (AvgIpc) is 2.59. The quantitative estimate of drug-likeness (QED) is 0.942. The summed E-state index contributed by atoms with van der Waals surface area (Å²) in [6.07, 6.45) is 1.95. The fourth-order valence-electron chi connectivity index (χ4n) is 1.65. The number of hydrogen-bond acceptors (Lipinski definition) is 2. The van der Waals surface area contributed by atoms with E-state index in [1.807, 2.05) is 20.2 Å². The Morgan fingerprint density at radius 1 is 1.47 bits per heavy atom. The first-order chi connectivity index (χ1) is 8.06. The van der Waals surface area contributed by atoms with Crippen LogP contribution in [0.25, 0.3) is 0 Å². The smallest absolute Gasteiger partial charge is 0.125 e. The molecular weight excluding hydrogens is 285 g/mol. The zero-order valence-electron chi connectivity index (χ0n) is 9.67. The van der Waals surface area contributed by atoms with Gasteiger partial charge < -0.3 is 5.32 Å². The molecule has 1 aromatic heterocycles. The first kappa shape index (κ1) is 12.1. The minimum absolute atomic E-state index is 0.251. The maximum Gasteiger partial charge on any atom is 0.125 e. The van der Waals surface area contributed by atoms with E-state index in [0.29, 0.717) is 6.54 Å². The maximum atomic E-state index is 13.1. The van der Waals surface area contributed by atoms with Crippen LogP contribution in [0.1, 0.15) is 11.3 Å². The molecule has 5 heteroatoms. The van der Waals surface area contributed by atoms with Crippen molar-refractivity contribution in [1.82, 2.24) is 9.78 Å². The second-order valence-corrected chi connectivity index (χ2v) is 4.75. The van der Waals surface area contributed by atoms with Crippen LogP contribution in [0.5, 0.6) is 0 Å². The van der Waals surface area contributed by atoms with Gasteiger partial charge >= 0.3 is 0 Å². The summed E-state index contributed by atoms with van der Waals surface area (Å²) in [6.45, 7) is 2.58. The van der Waals surface area contributed by atoms with Gasteiger partial charge in [0.25, 0.3) is 0 Å². The lowest BCUT2D eigenvalue weighted by atomic mass is 10.2. The van der Waals surface area contributed by atoms with Crippen LogP contribution in [0, 0.1) is 12.7 Å². The molecule has 0 saturated carbocycles. The van der Waals surface area contributed by atoms with Crippen LogP contribution in [0.2, 0.25) is 0 Å². The van der Waals surface area contributed by atoms with E-state index in [-0.39, 0.29) is 5.82 Å². The third kappa shape index (κ3) is 2.85. The van der Waals surface area contributed by atoms with Crippen molar-refractivity contribution in [2.24, 2.45) is 7.05 Å². The summed E-state index contributed by atoms with van der Waals surface area (Å²) in [5, 5.41) is 7.44. The van der Waals surface area contributed by atoms with Crippen LogP contribution < -0.4 is 5.32 Å². The first-order valence-electron chi connectivity index (χ1n) is 5.24. The third-order valence-corrected chi connectivity index (χ3v) is 3.20. The Bertz CT molecular complexity index is 537. The molecule has 2 aromatic rings. The molecule has 1 N–H and O–H groups in total. The molecule has 2 rings (SSSR count). The average molecular weight is 298 g/mol. The predicted octanol–water partition coefficient (Wildman–Crippen LogP) is 3.24. The Morgan fingerprint density at radius 3 is 2.88 bits per heavy atom. The monoisotopic (exact) mass is 297 g/mol. The van der Waals surface area contributed by atoms with Gasteiger partial charge in [-0.1, -0.05) is 0 Å². The minimum Gasteiger partial charge on any atom is -0.380 e. The van der Waals surface area contributed by atoms with Gasteiger partial charge in [-0.25, -0.2) is 4.39 Å². The molecule has 1 heterocycles. The van der Waals surface area contributed by atoms with Gasteiger partial charge in [0, 0.05) is 29.8 Å². The summed E-state index contributed by atoms with van der Waals surface area (Å²) < 4.78 is 15.7. The van der Waals surface area contributed by atoms with Crippen LogP contribution >= 0.6 is 15.9 Å². The predicted molar refractivity (Wildman–Crippen MR) is 69.4 cm³/mol. The molecule has 90 valence electrons. The Hall–Kier alpha value is -1.36. The van der Waals surface area contributed by atoms with Crippen molar-refractivity contribution in [1.29, 1.82) is 0 Å². The number of anilines is 1. The molecule has 0 spiro atoms. The molecule has 0 radical (unpaired) electrons. The Balaban J connectivity index is 2.12. The highest BCUT2D eigenvalue weighted by Gasteiger charge is 2.05. The van der Waals surface area contributed by atoms with Crippen LogP contribution in [-0.4, -0.2) is 9.78 Å². The van der Waals surface area contributed by atoms with Crippen molar-refractivity contribution in [2.45, 2.75) is 13.5 Å². The van der Waals surface area contributed by atoms with Gasteiger partial charge in [-0.15, -0.1) is 0 Å². The van der Waals surface area contributed by atoms with Crippen molar-refractivity contribution >= 4 is 21.6 Å². The fourth-order valence-corrected chi connectivity index (χ4v) is 2.03. The van der Waals surface area contributed by atoms with Crippen LogP contribution in [0.3, 0.4) is 0 Å². The Morgan fingerprint density at radius 2 is 2.24 bits per heavy atom. The van der Waals surface area contributed by atoms with Gasteiger partial charge in [0.15, 0.2) is 0 Å². The molecule has 17 heavy (non-hydrogen) atoms. The molecule has 0 aliphatic heterocycles. The number of aromatic nitrogens is 2. The second-order valence-electron chi connectivity index (χ2n) is 3.89. The highest BCUT2D eigenvalue weighted by atomic mass is 79.9. The number of halogens is 2. The molecule has 0 atom stereocenters. The standard InChI is InChI=1S/C12H13BrFN3/c1-8-9(7-17(2)16-8)6-15-12-5-10(14)3-4-11(12)13/h3-5,7,15H,6H2,1-2H3. The lowest BCUT2D eigenvalue weighted by Gasteiger charge is -2.07. The molecule has 3 nitrogen and oxygen atoms in total. The SMILES string of the molecule is Cc1nn(C)cc1CNc1cc(F)ccc1Br. The van der Waals surface area contributed by atoms with Gasteiger partial charge in [0.1, 0.15) is 5.82 Å². The lowest BCUT2D eigenvalue weighted by molar-refractivity contribution is 0.628. The van der Waals surface area contributed by atoms with Crippen LogP contribution in [0.15, 0.2) is 28.9 Å². The summed E-state index contributed by atoms with van der Waals surface area (Å²) in [5.74, 6) is -0.251. The van der Waals surface area contributed by atoms with E-state index in [1.54, 1.807) is 10.7 Å². The van der Waals surface area contributed by atoms with Gasteiger partial charge in [0.2, 0.25) is 0 Å². The van der Waals surface area contributed by atoms with E-state index >= 15 is 0 Å². The molecule has 0 aliphatic rings. The number of aryl methyl sites for hydroxylation is 2. The largest absolute Gasteiger partial charge is 0.380 e. The lowest BCUT2D eigenvalue weighted by Crippen LogP contribution is -2.01. The molecule has 0 amide bonds. The molecule has 0 unspecified atom stereocenters. The Labute approximate surface area is 108 Å². The van der Waals surface area contributed by atoms with Gasteiger partial charge in [-0.05, 0) is 41.1 Å².